The molecule has 2 aromatic rings. The minimum Gasteiger partial charge on any atom is -0.326 e. The first-order valence-corrected chi connectivity index (χ1v) is 11.0. The average Bonchev–Trinajstić information content (AvgIpc) is 2.68. The van der Waals surface area contributed by atoms with Crippen LogP contribution in [0, 0.1) is 20.8 Å². The van der Waals surface area contributed by atoms with E-state index in [2.05, 4.69) is 27.9 Å². The Balaban J connectivity index is 1.66. The predicted octanol–water partition coefficient (Wildman–Crippen LogP) is 3.20. The van der Waals surface area contributed by atoms with Crippen molar-refractivity contribution >= 4 is 44.2 Å². The predicted molar refractivity (Wildman–Crippen MR) is 110 cm³/mol. The second kappa shape index (κ2) is 8.37. The van der Waals surface area contributed by atoms with Crippen molar-refractivity contribution < 1.29 is 13.2 Å². The van der Waals surface area contributed by atoms with Crippen molar-refractivity contribution in [2.75, 3.05) is 18.4 Å². The Morgan fingerprint density at radius 2 is 1.85 bits per heavy atom. The number of nitriles is 1. The van der Waals surface area contributed by atoms with Gasteiger partial charge < -0.3 is 5.32 Å². The molecule has 3 rings (SSSR count). The SMILES string of the molecule is N#Cc1ccccc1S(=O)(=O)N1CCC(C(=O)Nc2cccc(I)c2)CC1. The van der Waals surface area contributed by atoms with E-state index in [1.165, 1.54) is 16.4 Å². The molecule has 1 aliphatic heterocycles. The van der Waals surface area contributed by atoms with Gasteiger partial charge in [-0.3, -0.25) is 4.79 Å². The molecule has 0 bridgehead atoms. The smallest absolute Gasteiger partial charge is 0.244 e. The van der Waals surface area contributed by atoms with Gasteiger partial charge in [-0.05, 0) is 65.8 Å². The molecule has 0 aromatic heterocycles. The third-order valence-electron chi connectivity index (χ3n) is 4.54. The van der Waals surface area contributed by atoms with E-state index in [0.29, 0.717) is 12.8 Å². The van der Waals surface area contributed by atoms with Gasteiger partial charge in [-0.25, -0.2) is 8.42 Å². The van der Waals surface area contributed by atoms with Crippen LogP contribution in [-0.4, -0.2) is 31.7 Å². The normalized spacial score (nSPS) is 15.9. The lowest BCUT2D eigenvalue weighted by Crippen LogP contribution is -2.41. The maximum Gasteiger partial charge on any atom is 0.244 e. The average molecular weight is 495 g/mol. The van der Waals surface area contributed by atoms with E-state index >= 15 is 0 Å². The first-order valence-electron chi connectivity index (χ1n) is 8.47. The van der Waals surface area contributed by atoms with Crippen LogP contribution < -0.4 is 5.32 Å². The molecule has 1 aliphatic rings. The van der Waals surface area contributed by atoms with Gasteiger partial charge >= 0.3 is 0 Å². The number of anilines is 1. The summed E-state index contributed by atoms with van der Waals surface area (Å²) in [5, 5.41) is 12.1. The van der Waals surface area contributed by atoms with Gasteiger partial charge in [-0.2, -0.15) is 9.57 Å². The van der Waals surface area contributed by atoms with Crippen molar-refractivity contribution in [1.82, 2.24) is 4.31 Å². The largest absolute Gasteiger partial charge is 0.326 e. The van der Waals surface area contributed by atoms with Crippen molar-refractivity contribution in [2.24, 2.45) is 5.92 Å². The summed E-state index contributed by atoms with van der Waals surface area (Å²) in [6.45, 7) is 0.513. The van der Waals surface area contributed by atoms with Crippen molar-refractivity contribution in [3.63, 3.8) is 0 Å². The monoisotopic (exact) mass is 495 g/mol. The van der Waals surface area contributed by atoms with Crippen LogP contribution in [-0.2, 0) is 14.8 Å². The Bertz CT molecular complexity index is 993. The molecular formula is C19H18IN3O3S. The van der Waals surface area contributed by atoms with Crippen LogP contribution >= 0.6 is 22.6 Å². The number of hydrogen-bond donors (Lipinski definition) is 1. The van der Waals surface area contributed by atoms with E-state index in [0.717, 1.165) is 9.26 Å². The number of rotatable bonds is 4. The number of hydrogen-bond acceptors (Lipinski definition) is 4. The number of carbonyl (C=O) groups excluding carboxylic acids is 1. The molecule has 1 N–H and O–H groups in total. The molecule has 6 nitrogen and oxygen atoms in total. The number of amides is 1. The quantitative estimate of drug-likeness (QED) is 0.660. The fourth-order valence-electron chi connectivity index (χ4n) is 3.09. The van der Waals surface area contributed by atoms with Gasteiger partial charge in [0, 0.05) is 28.3 Å². The summed E-state index contributed by atoms with van der Waals surface area (Å²) in [4.78, 5) is 12.5. The van der Waals surface area contributed by atoms with Gasteiger partial charge in [0.2, 0.25) is 15.9 Å². The number of piperidine rings is 1. The Morgan fingerprint density at radius 3 is 2.52 bits per heavy atom. The van der Waals surface area contributed by atoms with Crippen LogP contribution in [0.2, 0.25) is 0 Å². The van der Waals surface area contributed by atoms with Gasteiger partial charge in [-0.15, -0.1) is 0 Å². The lowest BCUT2D eigenvalue weighted by Gasteiger charge is -2.30. The number of benzene rings is 2. The van der Waals surface area contributed by atoms with E-state index in [9.17, 15) is 13.2 Å². The highest BCUT2D eigenvalue weighted by Gasteiger charge is 2.33. The standard InChI is InChI=1S/C19H18IN3O3S/c20-16-5-3-6-17(12-16)22-19(24)14-8-10-23(11-9-14)27(25,26)18-7-2-1-4-15(18)13-21/h1-7,12,14H,8-11H2,(H,22,24). The van der Waals surface area contributed by atoms with Crippen molar-refractivity contribution in [3.05, 3.63) is 57.7 Å². The molecule has 0 unspecified atom stereocenters. The van der Waals surface area contributed by atoms with E-state index in [-0.39, 0.29) is 35.4 Å². The summed E-state index contributed by atoms with van der Waals surface area (Å²) in [6.07, 6.45) is 0.896. The molecule has 140 valence electrons. The Kier molecular flexibility index (Phi) is 6.14. The van der Waals surface area contributed by atoms with Crippen LogP contribution in [0.3, 0.4) is 0 Å². The summed E-state index contributed by atoms with van der Waals surface area (Å²) < 4.78 is 28.1. The van der Waals surface area contributed by atoms with Crippen LogP contribution in [0.15, 0.2) is 53.4 Å². The second-order valence-electron chi connectivity index (χ2n) is 6.29. The molecule has 8 heteroatoms. The number of nitrogens with zero attached hydrogens (tertiary/aromatic N) is 2. The van der Waals surface area contributed by atoms with Crippen LogP contribution in [0.25, 0.3) is 0 Å². The highest BCUT2D eigenvalue weighted by molar-refractivity contribution is 14.1. The van der Waals surface area contributed by atoms with Gasteiger partial charge in [0.15, 0.2) is 0 Å². The van der Waals surface area contributed by atoms with Crippen molar-refractivity contribution in [3.8, 4) is 6.07 Å². The summed E-state index contributed by atoms with van der Waals surface area (Å²) in [5.41, 5.74) is 0.876. The lowest BCUT2D eigenvalue weighted by atomic mass is 9.97. The molecular weight excluding hydrogens is 477 g/mol. The zero-order valence-corrected chi connectivity index (χ0v) is 17.4. The Morgan fingerprint density at radius 1 is 1.15 bits per heavy atom. The zero-order chi connectivity index (χ0) is 19.4. The van der Waals surface area contributed by atoms with Gasteiger partial charge in [0.25, 0.3) is 0 Å². The van der Waals surface area contributed by atoms with Gasteiger partial charge in [-0.1, -0.05) is 18.2 Å². The van der Waals surface area contributed by atoms with Crippen LogP contribution in [0.1, 0.15) is 18.4 Å². The molecule has 2 aromatic carbocycles. The number of halogens is 1. The van der Waals surface area contributed by atoms with Gasteiger partial charge in [0.1, 0.15) is 6.07 Å². The fourth-order valence-corrected chi connectivity index (χ4v) is 5.25. The van der Waals surface area contributed by atoms with Gasteiger partial charge in [0.05, 0.1) is 10.5 Å². The van der Waals surface area contributed by atoms with E-state index in [1.54, 1.807) is 12.1 Å². The third kappa shape index (κ3) is 4.48. The molecule has 0 spiro atoms. The number of nitrogens with one attached hydrogen (secondary N) is 1. The van der Waals surface area contributed by atoms with E-state index < -0.39 is 10.0 Å². The molecule has 1 heterocycles. The highest BCUT2D eigenvalue weighted by Crippen LogP contribution is 2.26. The van der Waals surface area contributed by atoms with Crippen molar-refractivity contribution in [1.29, 1.82) is 5.26 Å². The molecule has 1 fully saturated rings. The summed E-state index contributed by atoms with van der Waals surface area (Å²) >= 11 is 2.18. The third-order valence-corrected chi connectivity index (χ3v) is 7.17. The second-order valence-corrected chi connectivity index (χ2v) is 9.44. The van der Waals surface area contributed by atoms with Crippen molar-refractivity contribution in [2.45, 2.75) is 17.7 Å². The summed E-state index contributed by atoms with van der Waals surface area (Å²) in [5.74, 6) is -0.327. The van der Waals surface area contributed by atoms with E-state index in [4.69, 9.17) is 5.26 Å². The maximum atomic E-state index is 12.8. The summed E-state index contributed by atoms with van der Waals surface area (Å²) in [6, 6.07) is 15.7. The first-order chi connectivity index (χ1) is 12.9. The maximum absolute atomic E-state index is 12.8. The molecule has 0 aliphatic carbocycles. The number of carbonyl (C=O) groups is 1. The molecule has 1 saturated heterocycles. The Labute approximate surface area is 172 Å². The van der Waals surface area contributed by atoms with Crippen LogP contribution in [0.5, 0.6) is 0 Å². The fraction of sp³-hybridized carbons (Fsp3) is 0.263. The minimum absolute atomic E-state index is 0.0225. The molecule has 27 heavy (non-hydrogen) atoms. The zero-order valence-electron chi connectivity index (χ0n) is 14.4. The lowest BCUT2D eigenvalue weighted by molar-refractivity contribution is -0.120. The molecule has 0 saturated carbocycles. The van der Waals surface area contributed by atoms with E-state index in [1.807, 2.05) is 30.3 Å². The molecule has 0 radical (unpaired) electrons. The van der Waals surface area contributed by atoms with Crippen LogP contribution in [0.4, 0.5) is 5.69 Å². The number of sulfonamides is 1. The first kappa shape index (κ1) is 19.8. The topological polar surface area (TPSA) is 90.3 Å². The molecule has 0 atom stereocenters. The minimum atomic E-state index is -3.74. The highest BCUT2D eigenvalue weighted by atomic mass is 127. The summed E-state index contributed by atoms with van der Waals surface area (Å²) in [7, 11) is -3.74. The molecule has 1 amide bonds. The Hall–Kier alpha value is -1.96.